The molecule has 0 fully saturated rings. The maximum absolute atomic E-state index is 13.0. The number of aromatic hydroxyl groups is 1. The summed E-state index contributed by atoms with van der Waals surface area (Å²) in [4.78, 5) is 24.9. The van der Waals surface area contributed by atoms with Gasteiger partial charge in [-0.15, -0.1) is 0 Å². The lowest BCUT2D eigenvalue weighted by Gasteiger charge is -2.30. The maximum atomic E-state index is 13.0. The standard InChI is InChI=1S/C21H26N2O5/c1-15(2)22(18-10-12-20(25)13-11-18)21(26)17(14-24)5-3-4-16-6-8-19(9-7-16)23(27)28/h6-13,15,17,24-25H,3-5,14H2,1-2H3. The van der Waals surface area contributed by atoms with Crippen LogP contribution in [0.3, 0.4) is 0 Å². The summed E-state index contributed by atoms with van der Waals surface area (Å²) in [6.45, 7) is 3.55. The number of aliphatic hydroxyl groups excluding tert-OH is 1. The van der Waals surface area contributed by atoms with E-state index in [2.05, 4.69) is 0 Å². The summed E-state index contributed by atoms with van der Waals surface area (Å²) < 4.78 is 0. The van der Waals surface area contributed by atoms with Gasteiger partial charge in [0.15, 0.2) is 0 Å². The van der Waals surface area contributed by atoms with E-state index < -0.39 is 10.8 Å². The fourth-order valence-electron chi connectivity index (χ4n) is 3.12. The molecule has 2 N–H and O–H groups in total. The van der Waals surface area contributed by atoms with Crippen LogP contribution in [0.2, 0.25) is 0 Å². The molecule has 28 heavy (non-hydrogen) atoms. The Morgan fingerprint density at radius 2 is 1.71 bits per heavy atom. The quantitative estimate of drug-likeness (QED) is 0.505. The largest absolute Gasteiger partial charge is 0.508 e. The SMILES string of the molecule is CC(C)N(C(=O)C(CO)CCCc1ccc([N+](=O)[O-])cc1)c1ccc(O)cc1. The average Bonchev–Trinajstić information content (AvgIpc) is 2.67. The molecule has 2 rings (SSSR count). The number of phenols is 1. The van der Waals surface area contributed by atoms with Crippen LogP contribution in [-0.2, 0) is 11.2 Å². The lowest BCUT2D eigenvalue weighted by molar-refractivity contribution is -0.384. The molecule has 7 heteroatoms. The monoisotopic (exact) mass is 386 g/mol. The van der Waals surface area contributed by atoms with Crippen molar-refractivity contribution in [3.63, 3.8) is 0 Å². The Morgan fingerprint density at radius 3 is 2.21 bits per heavy atom. The van der Waals surface area contributed by atoms with Crippen molar-refractivity contribution in [3.05, 3.63) is 64.2 Å². The summed E-state index contributed by atoms with van der Waals surface area (Å²) in [5.74, 6) is -0.567. The van der Waals surface area contributed by atoms with E-state index in [1.807, 2.05) is 13.8 Å². The van der Waals surface area contributed by atoms with Crippen LogP contribution in [0.5, 0.6) is 5.75 Å². The lowest BCUT2D eigenvalue weighted by Crippen LogP contribution is -2.42. The summed E-state index contributed by atoms with van der Waals surface area (Å²) in [6.07, 6.45) is 1.85. The van der Waals surface area contributed by atoms with Crippen molar-refractivity contribution in [3.8, 4) is 5.75 Å². The first-order valence-corrected chi connectivity index (χ1v) is 9.29. The highest BCUT2D eigenvalue weighted by Gasteiger charge is 2.26. The van der Waals surface area contributed by atoms with Crippen molar-refractivity contribution < 1.29 is 19.9 Å². The molecule has 1 amide bonds. The molecular formula is C21H26N2O5. The number of phenolic OH excluding ortho intramolecular Hbond substituents is 1. The van der Waals surface area contributed by atoms with Gasteiger partial charge in [0.1, 0.15) is 5.75 Å². The van der Waals surface area contributed by atoms with E-state index in [0.29, 0.717) is 24.9 Å². The smallest absolute Gasteiger partial charge is 0.269 e. The van der Waals surface area contributed by atoms with Gasteiger partial charge in [-0.3, -0.25) is 14.9 Å². The van der Waals surface area contributed by atoms with Gasteiger partial charge in [0.05, 0.1) is 17.4 Å². The number of anilines is 1. The predicted molar refractivity (Wildman–Crippen MR) is 107 cm³/mol. The van der Waals surface area contributed by atoms with Crippen LogP contribution in [0, 0.1) is 16.0 Å². The first-order valence-electron chi connectivity index (χ1n) is 9.29. The number of non-ortho nitro benzene ring substituents is 1. The van der Waals surface area contributed by atoms with Crippen LogP contribution in [-0.4, -0.2) is 33.7 Å². The predicted octanol–water partition coefficient (Wildman–Crippen LogP) is 3.67. The molecular weight excluding hydrogens is 360 g/mol. The van der Waals surface area contributed by atoms with Gasteiger partial charge >= 0.3 is 0 Å². The Hall–Kier alpha value is -2.93. The number of benzene rings is 2. The van der Waals surface area contributed by atoms with Gasteiger partial charge in [-0.2, -0.15) is 0 Å². The van der Waals surface area contributed by atoms with Crippen molar-refractivity contribution in [2.45, 2.75) is 39.2 Å². The summed E-state index contributed by atoms with van der Waals surface area (Å²) in [7, 11) is 0. The highest BCUT2D eigenvalue weighted by molar-refractivity contribution is 5.95. The fraction of sp³-hybridized carbons (Fsp3) is 0.381. The Morgan fingerprint density at radius 1 is 1.11 bits per heavy atom. The molecule has 0 saturated carbocycles. The molecule has 0 heterocycles. The number of hydrogen-bond donors (Lipinski definition) is 2. The van der Waals surface area contributed by atoms with Crippen molar-refractivity contribution >= 4 is 17.3 Å². The highest BCUT2D eigenvalue weighted by Crippen LogP contribution is 2.24. The molecule has 7 nitrogen and oxygen atoms in total. The molecule has 2 aromatic carbocycles. The molecule has 2 aromatic rings. The Balaban J connectivity index is 2.00. The minimum absolute atomic E-state index is 0.0497. The van der Waals surface area contributed by atoms with E-state index in [0.717, 1.165) is 5.56 Å². The topological polar surface area (TPSA) is 104 Å². The molecule has 0 radical (unpaired) electrons. The Kier molecular flexibility index (Phi) is 7.52. The third kappa shape index (κ3) is 5.53. The number of nitrogens with zero attached hydrogens (tertiary/aromatic N) is 2. The Bertz CT molecular complexity index is 787. The van der Waals surface area contributed by atoms with Gasteiger partial charge < -0.3 is 15.1 Å². The minimum atomic E-state index is -0.533. The van der Waals surface area contributed by atoms with E-state index in [9.17, 15) is 25.1 Å². The zero-order valence-electron chi connectivity index (χ0n) is 16.1. The number of carbonyl (C=O) groups is 1. The maximum Gasteiger partial charge on any atom is 0.269 e. The minimum Gasteiger partial charge on any atom is -0.508 e. The second kappa shape index (κ2) is 9.85. The van der Waals surface area contributed by atoms with Gasteiger partial charge in [0.25, 0.3) is 5.69 Å². The number of carbonyl (C=O) groups excluding carboxylic acids is 1. The second-order valence-electron chi connectivity index (χ2n) is 7.01. The number of rotatable bonds is 9. The van der Waals surface area contributed by atoms with Crippen molar-refractivity contribution in [1.29, 1.82) is 0 Å². The number of amides is 1. The summed E-state index contributed by atoms with van der Waals surface area (Å²) in [5, 5.41) is 29.9. The molecule has 1 atom stereocenters. The fourth-order valence-corrected chi connectivity index (χ4v) is 3.12. The number of aryl methyl sites for hydroxylation is 1. The van der Waals surface area contributed by atoms with Gasteiger partial charge in [-0.25, -0.2) is 0 Å². The number of nitro benzene ring substituents is 1. The van der Waals surface area contributed by atoms with Crippen LogP contribution in [0.25, 0.3) is 0 Å². The van der Waals surface area contributed by atoms with Crippen molar-refractivity contribution in [2.75, 3.05) is 11.5 Å². The molecule has 0 aliphatic rings. The first kappa shape index (κ1) is 21.4. The average molecular weight is 386 g/mol. The van der Waals surface area contributed by atoms with Crippen LogP contribution < -0.4 is 4.90 Å². The summed E-state index contributed by atoms with van der Waals surface area (Å²) >= 11 is 0. The molecule has 0 spiro atoms. The van der Waals surface area contributed by atoms with E-state index in [4.69, 9.17) is 0 Å². The number of aliphatic hydroxyl groups is 1. The van der Waals surface area contributed by atoms with E-state index in [1.165, 1.54) is 24.3 Å². The zero-order valence-corrected chi connectivity index (χ0v) is 16.1. The molecule has 0 saturated heterocycles. The zero-order chi connectivity index (χ0) is 20.7. The summed E-state index contributed by atoms with van der Waals surface area (Å²) in [5.41, 5.74) is 1.68. The van der Waals surface area contributed by atoms with Gasteiger partial charge in [-0.1, -0.05) is 12.1 Å². The van der Waals surface area contributed by atoms with E-state index in [1.54, 1.807) is 29.2 Å². The lowest BCUT2D eigenvalue weighted by atomic mass is 9.98. The van der Waals surface area contributed by atoms with Gasteiger partial charge in [-0.05, 0) is 62.9 Å². The second-order valence-corrected chi connectivity index (χ2v) is 7.01. The summed E-state index contributed by atoms with van der Waals surface area (Å²) in [6, 6.07) is 12.7. The Labute approximate surface area is 164 Å². The van der Waals surface area contributed by atoms with Crippen molar-refractivity contribution in [2.24, 2.45) is 5.92 Å². The van der Waals surface area contributed by atoms with Crippen LogP contribution in [0.4, 0.5) is 11.4 Å². The van der Waals surface area contributed by atoms with Gasteiger partial charge in [0.2, 0.25) is 5.91 Å². The van der Waals surface area contributed by atoms with Gasteiger partial charge in [0, 0.05) is 23.9 Å². The molecule has 0 aromatic heterocycles. The van der Waals surface area contributed by atoms with E-state index >= 15 is 0 Å². The first-order chi connectivity index (χ1) is 13.3. The third-order valence-electron chi connectivity index (χ3n) is 4.62. The van der Waals surface area contributed by atoms with E-state index in [-0.39, 0.29) is 30.0 Å². The van der Waals surface area contributed by atoms with Crippen LogP contribution >= 0.6 is 0 Å². The van der Waals surface area contributed by atoms with Crippen LogP contribution in [0.1, 0.15) is 32.3 Å². The normalized spacial score (nSPS) is 12.0. The van der Waals surface area contributed by atoms with Crippen LogP contribution in [0.15, 0.2) is 48.5 Å². The molecule has 0 aliphatic heterocycles. The molecule has 1 unspecified atom stereocenters. The third-order valence-corrected chi connectivity index (χ3v) is 4.62. The van der Waals surface area contributed by atoms with Crippen molar-refractivity contribution in [1.82, 2.24) is 0 Å². The molecule has 150 valence electrons. The highest BCUT2D eigenvalue weighted by atomic mass is 16.6. The molecule has 0 bridgehead atoms. The molecule has 0 aliphatic carbocycles. The number of nitro groups is 1. The number of hydrogen-bond acceptors (Lipinski definition) is 5.